The Kier molecular flexibility index (Phi) is 6.39. The molecule has 0 radical (unpaired) electrons. The van der Waals surface area contributed by atoms with E-state index in [1.807, 2.05) is 16.5 Å². The van der Waals surface area contributed by atoms with E-state index < -0.39 is 0 Å². The van der Waals surface area contributed by atoms with Gasteiger partial charge in [0.05, 0.1) is 19.9 Å². The second kappa shape index (κ2) is 9.18. The average Bonchev–Trinajstić information content (AvgIpc) is 3.12. The Balaban J connectivity index is 1.59. The van der Waals surface area contributed by atoms with Crippen molar-refractivity contribution in [3.05, 3.63) is 56.4 Å². The number of rotatable bonds is 8. The summed E-state index contributed by atoms with van der Waals surface area (Å²) in [6.07, 6.45) is 5.44. The van der Waals surface area contributed by atoms with E-state index in [0.717, 1.165) is 66.5 Å². The van der Waals surface area contributed by atoms with E-state index in [1.54, 1.807) is 31.6 Å². The Hall–Kier alpha value is -2.38. The smallest absolute Gasteiger partial charge is 0.259 e. The molecule has 0 bridgehead atoms. The first-order chi connectivity index (χ1) is 14.6. The minimum atomic E-state index is 0.0527. The first kappa shape index (κ1) is 20.9. The van der Waals surface area contributed by atoms with Gasteiger partial charge in [0.15, 0.2) is 16.5 Å². The summed E-state index contributed by atoms with van der Waals surface area (Å²) >= 11 is 1.68. The molecule has 160 valence electrons. The molecule has 1 aliphatic carbocycles. The first-order valence-electron chi connectivity index (χ1n) is 10.6. The second-order valence-corrected chi connectivity index (χ2v) is 8.84. The molecule has 0 aliphatic heterocycles. The summed E-state index contributed by atoms with van der Waals surface area (Å²) in [6.45, 7) is 4.50. The number of fused-ring (bicyclic) bond motifs is 3. The van der Waals surface area contributed by atoms with Crippen LogP contribution < -0.4 is 15.0 Å². The third-order valence-corrected chi connectivity index (χ3v) is 6.74. The Labute approximate surface area is 181 Å². The monoisotopic (exact) mass is 427 g/mol. The molecule has 0 saturated heterocycles. The SMILES string of the molecule is CCCN(Cc1ccc(OC)c(OC)c1)Cc1cc(=O)n2c3c(sc2n1)CCCC3. The third-order valence-electron chi connectivity index (χ3n) is 5.59. The van der Waals surface area contributed by atoms with Crippen LogP contribution in [0.25, 0.3) is 4.96 Å². The van der Waals surface area contributed by atoms with Crippen molar-refractivity contribution < 1.29 is 9.47 Å². The van der Waals surface area contributed by atoms with Crippen LogP contribution in [-0.4, -0.2) is 35.0 Å². The van der Waals surface area contributed by atoms with Gasteiger partial charge in [-0.25, -0.2) is 4.98 Å². The van der Waals surface area contributed by atoms with Gasteiger partial charge in [-0.3, -0.25) is 14.1 Å². The molecule has 6 nitrogen and oxygen atoms in total. The quantitative estimate of drug-likeness (QED) is 0.543. The van der Waals surface area contributed by atoms with E-state index in [1.165, 1.54) is 17.0 Å². The van der Waals surface area contributed by atoms with Crippen molar-refractivity contribution in [2.24, 2.45) is 0 Å². The molecule has 0 fully saturated rings. The Morgan fingerprint density at radius 3 is 2.67 bits per heavy atom. The number of hydrogen-bond acceptors (Lipinski definition) is 6. The third kappa shape index (κ3) is 4.23. The van der Waals surface area contributed by atoms with Crippen LogP contribution in [0.2, 0.25) is 0 Å². The lowest BCUT2D eigenvalue weighted by Gasteiger charge is -2.22. The van der Waals surface area contributed by atoms with Crippen LogP contribution in [0.15, 0.2) is 29.1 Å². The van der Waals surface area contributed by atoms with Gasteiger partial charge in [0.2, 0.25) is 0 Å². The maximum Gasteiger partial charge on any atom is 0.259 e. The number of aryl methyl sites for hydroxylation is 2. The first-order valence-corrected chi connectivity index (χ1v) is 11.4. The molecular formula is C23H29N3O3S. The van der Waals surface area contributed by atoms with Gasteiger partial charge in [-0.1, -0.05) is 13.0 Å². The van der Waals surface area contributed by atoms with Crippen molar-refractivity contribution in [3.63, 3.8) is 0 Å². The highest BCUT2D eigenvalue weighted by molar-refractivity contribution is 7.17. The van der Waals surface area contributed by atoms with Crippen LogP contribution in [0, 0.1) is 0 Å². The molecule has 7 heteroatoms. The predicted molar refractivity (Wildman–Crippen MR) is 120 cm³/mol. The molecule has 0 atom stereocenters. The van der Waals surface area contributed by atoms with E-state index in [9.17, 15) is 4.79 Å². The molecule has 2 heterocycles. The van der Waals surface area contributed by atoms with Crippen molar-refractivity contribution in [2.45, 2.75) is 52.1 Å². The fourth-order valence-corrected chi connectivity index (χ4v) is 5.45. The highest BCUT2D eigenvalue weighted by Crippen LogP contribution is 2.29. The topological polar surface area (TPSA) is 56.1 Å². The number of ether oxygens (including phenoxy) is 2. The van der Waals surface area contributed by atoms with Crippen LogP contribution in [0.5, 0.6) is 11.5 Å². The molecule has 0 N–H and O–H groups in total. The maximum absolute atomic E-state index is 12.9. The predicted octanol–water partition coefficient (Wildman–Crippen LogP) is 4.06. The normalized spacial score (nSPS) is 13.6. The van der Waals surface area contributed by atoms with Crippen LogP contribution in [0.4, 0.5) is 0 Å². The van der Waals surface area contributed by atoms with Crippen molar-refractivity contribution >= 4 is 16.3 Å². The minimum Gasteiger partial charge on any atom is -0.493 e. The maximum atomic E-state index is 12.9. The molecule has 0 spiro atoms. The molecule has 0 saturated carbocycles. The molecule has 0 amide bonds. The van der Waals surface area contributed by atoms with Crippen molar-refractivity contribution in [3.8, 4) is 11.5 Å². The molecule has 30 heavy (non-hydrogen) atoms. The summed E-state index contributed by atoms with van der Waals surface area (Å²) in [5, 5.41) is 0. The standard InChI is InChI=1S/C23H29N3O3S/c1-4-11-25(14-16-9-10-19(28-2)20(12-16)29-3)15-17-13-22(27)26-18-7-5-6-8-21(18)30-23(26)24-17/h9-10,12-13H,4-8,11,14-15H2,1-3H3. The van der Waals surface area contributed by atoms with Gasteiger partial charge in [-0.05, 0) is 56.3 Å². The van der Waals surface area contributed by atoms with Crippen molar-refractivity contribution in [2.75, 3.05) is 20.8 Å². The van der Waals surface area contributed by atoms with E-state index >= 15 is 0 Å². The fraction of sp³-hybridized carbons (Fsp3) is 0.478. The fourth-order valence-electron chi connectivity index (χ4n) is 4.22. The van der Waals surface area contributed by atoms with E-state index in [2.05, 4.69) is 17.9 Å². The lowest BCUT2D eigenvalue weighted by atomic mass is 10.0. The molecule has 1 aliphatic rings. The zero-order valence-electron chi connectivity index (χ0n) is 17.9. The minimum absolute atomic E-state index is 0.0527. The van der Waals surface area contributed by atoms with Gasteiger partial charge in [0, 0.05) is 29.7 Å². The summed E-state index contributed by atoms with van der Waals surface area (Å²) in [5.41, 5.74) is 3.22. The zero-order valence-corrected chi connectivity index (χ0v) is 18.8. The number of aromatic nitrogens is 2. The van der Waals surface area contributed by atoms with Crippen LogP contribution in [0.3, 0.4) is 0 Å². The number of hydrogen-bond donors (Lipinski definition) is 0. The highest BCUT2D eigenvalue weighted by Gasteiger charge is 2.19. The van der Waals surface area contributed by atoms with Gasteiger partial charge < -0.3 is 9.47 Å². The number of benzene rings is 1. The molecule has 4 rings (SSSR count). The Bertz CT molecular complexity index is 1090. The summed E-state index contributed by atoms with van der Waals surface area (Å²) in [5.74, 6) is 1.46. The average molecular weight is 428 g/mol. The van der Waals surface area contributed by atoms with Gasteiger partial charge in [-0.2, -0.15) is 0 Å². The second-order valence-electron chi connectivity index (χ2n) is 7.78. The lowest BCUT2D eigenvalue weighted by Crippen LogP contribution is -2.26. The number of nitrogens with zero attached hydrogens (tertiary/aromatic N) is 3. The van der Waals surface area contributed by atoms with Gasteiger partial charge >= 0.3 is 0 Å². The van der Waals surface area contributed by atoms with Gasteiger partial charge in [0.1, 0.15) is 0 Å². The Morgan fingerprint density at radius 2 is 1.90 bits per heavy atom. The van der Waals surface area contributed by atoms with Gasteiger partial charge in [0.25, 0.3) is 5.56 Å². The van der Waals surface area contributed by atoms with Crippen molar-refractivity contribution in [1.82, 2.24) is 14.3 Å². The van der Waals surface area contributed by atoms with Crippen molar-refractivity contribution in [1.29, 1.82) is 0 Å². The van der Waals surface area contributed by atoms with E-state index in [-0.39, 0.29) is 5.56 Å². The number of methoxy groups -OCH3 is 2. The van der Waals surface area contributed by atoms with Crippen LogP contribution in [-0.2, 0) is 25.9 Å². The largest absolute Gasteiger partial charge is 0.493 e. The zero-order chi connectivity index (χ0) is 21.1. The summed E-state index contributed by atoms with van der Waals surface area (Å²) in [7, 11) is 3.29. The summed E-state index contributed by atoms with van der Waals surface area (Å²) in [6, 6.07) is 7.72. The molecule has 1 aromatic carbocycles. The van der Waals surface area contributed by atoms with E-state index in [0.29, 0.717) is 6.54 Å². The lowest BCUT2D eigenvalue weighted by molar-refractivity contribution is 0.253. The summed E-state index contributed by atoms with van der Waals surface area (Å²) in [4.78, 5) is 22.2. The molecule has 0 unspecified atom stereocenters. The van der Waals surface area contributed by atoms with Crippen LogP contribution >= 0.6 is 11.3 Å². The highest BCUT2D eigenvalue weighted by atomic mass is 32.1. The molecular weight excluding hydrogens is 398 g/mol. The van der Waals surface area contributed by atoms with Gasteiger partial charge in [-0.15, -0.1) is 11.3 Å². The van der Waals surface area contributed by atoms with E-state index in [4.69, 9.17) is 14.5 Å². The number of thiazole rings is 1. The van der Waals surface area contributed by atoms with Crippen LogP contribution in [0.1, 0.15) is 48.0 Å². The molecule has 2 aromatic heterocycles. The summed E-state index contributed by atoms with van der Waals surface area (Å²) < 4.78 is 12.6. The Morgan fingerprint density at radius 1 is 1.10 bits per heavy atom. The molecule has 3 aromatic rings.